The third kappa shape index (κ3) is 4.18. The van der Waals surface area contributed by atoms with Gasteiger partial charge in [-0.15, -0.1) is 0 Å². The number of aliphatic carboxylic acids is 1. The zero-order valence-electron chi connectivity index (χ0n) is 9.24. The summed E-state index contributed by atoms with van der Waals surface area (Å²) in [5.74, 6) is -1.01. The first-order chi connectivity index (χ1) is 6.79. The van der Waals surface area contributed by atoms with Gasteiger partial charge >= 0.3 is 12.1 Å². The summed E-state index contributed by atoms with van der Waals surface area (Å²) in [6.07, 6.45) is 0.157. The maximum Gasteiger partial charge on any atom is 0.407 e. The molecule has 2 N–H and O–H groups in total. The quantitative estimate of drug-likeness (QED) is 0.742. The molecule has 0 bridgehead atoms. The highest BCUT2D eigenvalue weighted by molar-refractivity contribution is 5.74. The molecule has 0 aromatic carbocycles. The monoisotopic (exact) mass is 215 g/mol. The number of carboxylic acid groups (broad SMARTS) is 1. The molecule has 0 saturated heterocycles. The Morgan fingerprint density at radius 3 is 2.47 bits per heavy atom. The Bertz CT molecular complexity index is 269. The number of amides is 1. The van der Waals surface area contributed by atoms with Gasteiger partial charge in [0.05, 0.1) is 5.92 Å². The molecular formula is C10H17NO4. The molecule has 0 spiro atoms. The Morgan fingerprint density at radius 2 is 2.07 bits per heavy atom. The van der Waals surface area contributed by atoms with Crippen LogP contribution in [0.5, 0.6) is 0 Å². The van der Waals surface area contributed by atoms with Crippen LogP contribution in [0.4, 0.5) is 4.79 Å². The lowest BCUT2D eigenvalue weighted by molar-refractivity contribution is -0.138. The van der Waals surface area contributed by atoms with E-state index in [1.54, 1.807) is 20.8 Å². The Balaban J connectivity index is 2.17. The lowest BCUT2D eigenvalue weighted by Gasteiger charge is -2.19. The number of hydrogen-bond acceptors (Lipinski definition) is 3. The molecule has 86 valence electrons. The zero-order chi connectivity index (χ0) is 11.6. The molecule has 0 aromatic heterocycles. The summed E-state index contributed by atoms with van der Waals surface area (Å²) >= 11 is 0. The van der Waals surface area contributed by atoms with Crippen molar-refractivity contribution in [2.24, 2.45) is 11.8 Å². The van der Waals surface area contributed by atoms with Gasteiger partial charge in [0.1, 0.15) is 5.60 Å². The molecule has 1 rings (SSSR count). The Kier molecular flexibility index (Phi) is 3.21. The third-order valence-electron chi connectivity index (χ3n) is 2.15. The number of hydrogen-bond donors (Lipinski definition) is 2. The second kappa shape index (κ2) is 4.08. The molecule has 1 fully saturated rings. The average molecular weight is 215 g/mol. The van der Waals surface area contributed by atoms with E-state index in [1.807, 2.05) is 0 Å². The van der Waals surface area contributed by atoms with Gasteiger partial charge in [0.25, 0.3) is 0 Å². The third-order valence-corrected chi connectivity index (χ3v) is 2.15. The van der Waals surface area contributed by atoms with Crippen molar-refractivity contribution < 1.29 is 19.4 Å². The standard InChI is InChI=1S/C10H17NO4/c1-10(2,3)15-9(14)11-5-6-4-7(6)8(12)13/h6-7H,4-5H2,1-3H3,(H,11,14)(H,12,13)/t6-,7-/m0/s1. The molecule has 1 aliphatic rings. The molecule has 0 radical (unpaired) electrons. The molecule has 1 aliphatic carbocycles. The van der Waals surface area contributed by atoms with Gasteiger partial charge in [-0.25, -0.2) is 4.79 Å². The van der Waals surface area contributed by atoms with E-state index in [4.69, 9.17) is 9.84 Å². The van der Waals surface area contributed by atoms with Gasteiger partial charge < -0.3 is 15.2 Å². The van der Waals surface area contributed by atoms with Gasteiger partial charge in [-0.3, -0.25) is 4.79 Å². The first kappa shape index (κ1) is 11.8. The van der Waals surface area contributed by atoms with E-state index in [-0.39, 0.29) is 11.8 Å². The first-order valence-corrected chi connectivity index (χ1v) is 4.99. The van der Waals surface area contributed by atoms with E-state index >= 15 is 0 Å². The van der Waals surface area contributed by atoms with Crippen molar-refractivity contribution >= 4 is 12.1 Å². The van der Waals surface area contributed by atoms with Crippen LogP contribution in [0.25, 0.3) is 0 Å². The van der Waals surface area contributed by atoms with Crippen molar-refractivity contribution in [3.8, 4) is 0 Å². The van der Waals surface area contributed by atoms with Crippen molar-refractivity contribution in [1.29, 1.82) is 0 Å². The number of carbonyl (C=O) groups excluding carboxylic acids is 1. The second-order valence-corrected chi connectivity index (χ2v) is 4.82. The molecule has 15 heavy (non-hydrogen) atoms. The van der Waals surface area contributed by atoms with Crippen LogP contribution in [-0.4, -0.2) is 29.3 Å². The minimum atomic E-state index is -0.786. The van der Waals surface area contributed by atoms with Crippen LogP contribution in [-0.2, 0) is 9.53 Å². The van der Waals surface area contributed by atoms with Crippen LogP contribution in [0.3, 0.4) is 0 Å². The summed E-state index contributed by atoms with van der Waals surface area (Å²) in [7, 11) is 0. The minimum absolute atomic E-state index is 0.0648. The van der Waals surface area contributed by atoms with E-state index in [2.05, 4.69) is 5.32 Å². The van der Waals surface area contributed by atoms with Crippen LogP contribution in [0.15, 0.2) is 0 Å². The predicted molar refractivity (Wildman–Crippen MR) is 53.5 cm³/mol. The number of carbonyl (C=O) groups is 2. The molecule has 0 unspecified atom stereocenters. The normalized spacial score (nSPS) is 24.5. The van der Waals surface area contributed by atoms with Gasteiger partial charge in [0.15, 0.2) is 0 Å². The molecule has 0 heterocycles. The van der Waals surface area contributed by atoms with E-state index < -0.39 is 17.7 Å². The predicted octanol–water partition coefficient (Wildman–Crippen LogP) is 1.23. The van der Waals surface area contributed by atoms with E-state index in [1.165, 1.54) is 0 Å². The largest absolute Gasteiger partial charge is 0.481 e. The molecular weight excluding hydrogens is 198 g/mol. The summed E-state index contributed by atoms with van der Waals surface area (Å²) in [6, 6.07) is 0. The maximum atomic E-state index is 11.2. The smallest absolute Gasteiger partial charge is 0.407 e. The minimum Gasteiger partial charge on any atom is -0.481 e. The average Bonchev–Trinajstić information content (AvgIpc) is 2.75. The summed E-state index contributed by atoms with van der Waals surface area (Å²) in [6.45, 7) is 5.73. The molecule has 5 heteroatoms. The number of carboxylic acids is 1. The van der Waals surface area contributed by atoms with Crippen LogP contribution in [0.1, 0.15) is 27.2 Å². The van der Waals surface area contributed by atoms with E-state index in [0.29, 0.717) is 13.0 Å². The van der Waals surface area contributed by atoms with Crippen molar-refractivity contribution in [3.05, 3.63) is 0 Å². The molecule has 5 nitrogen and oxygen atoms in total. The fraction of sp³-hybridized carbons (Fsp3) is 0.800. The van der Waals surface area contributed by atoms with Crippen molar-refractivity contribution in [1.82, 2.24) is 5.32 Å². The fourth-order valence-corrected chi connectivity index (χ4v) is 1.30. The van der Waals surface area contributed by atoms with Gasteiger partial charge in [-0.1, -0.05) is 0 Å². The van der Waals surface area contributed by atoms with Crippen molar-refractivity contribution in [2.75, 3.05) is 6.54 Å². The molecule has 1 saturated carbocycles. The number of nitrogens with one attached hydrogen (secondary N) is 1. The fourth-order valence-electron chi connectivity index (χ4n) is 1.30. The highest BCUT2D eigenvalue weighted by Crippen LogP contribution is 2.37. The highest BCUT2D eigenvalue weighted by Gasteiger charge is 2.43. The Hall–Kier alpha value is -1.26. The van der Waals surface area contributed by atoms with Crippen LogP contribution in [0, 0.1) is 11.8 Å². The first-order valence-electron chi connectivity index (χ1n) is 4.99. The van der Waals surface area contributed by atoms with Crippen molar-refractivity contribution in [3.63, 3.8) is 0 Å². The van der Waals surface area contributed by atoms with Gasteiger partial charge in [0.2, 0.25) is 0 Å². The number of alkyl carbamates (subject to hydrolysis) is 1. The number of ether oxygens (including phenoxy) is 1. The van der Waals surface area contributed by atoms with Crippen LogP contribution >= 0.6 is 0 Å². The second-order valence-electron chi connectivity index (χ2n) is 4.82. The van der Waals surface area contributed by atoms with E-state index in [9.17, 15) is 9.59 Å². The van der Waals surface area contributed by atoms with Crippen LogP contribution in [0.2, 0.25) is 0 Å². The molecule has 0 aliphatic heterocycles. The molecule has 1 amide bonds. The SMILES string of the molecule is CC(C)(C)OC(=O)NC[C@@H]1C[C@@H]1C(=O)O. The van der Waals surface area contributed by atoms with E-state index in [0.717, 1.165) is 0 Å². The molecule has 0 aromatic rings. The van der Waals surface area contributed by atoms with Gasteiger partial charge in [-0.05, 0) is 33.1 Å². The molecule has 2 atom stereocenters. The van der Waals surface area contributed by atoms with Crippen molar-refractivity contribution in [2.45, 2.75) is 32.8 Å². The van der Waals surface area contributed by atoms with Gasteiger partial charge in [0, 0.05) is 6.54 Å². The summed E-state index contributed by atoms with van der Waals surface area (Å²) < 4.78 is 5.01. The Morgan fingerprint density at radius 1 is 1.47 bits per heavy atom. The summed E-state index contributed by atoms with van der Waals surface area (Å²) in [4.78, 5) is 21.7. The highest BCUT2D eigenvalue weighted by atomic mass is 16.6. The van der Waals surface area contributed by atoms with Crippen LogP contribution < -0.4 is 5.32 Å². The lowest BCUT2D eigenvalue weighted by Crippen LogP contribution is -2.33. The summed E-state index contributed by atoms with van der Waals surface area (Å²) in [5, 5.41) is 11.2. The number of rotatable bonds is 3. The zero-order valence-corrected chi connectivity index (χ0v) is 9.24. The maximum absolute atomic E-state index is 11.2. The van der Waals surface area contributed by atoms with Gasteiger partial charge in [-0.2, -0.15) is 0 Å². The Labute approximate surface area is 88.8 Å². The topological polar surface area (TPSA) is 75.6 Å². The summed E-state index contributed by atoms with van der Waals surface area (Å²) in [5.41, 5.74) is -0.514. The lowest BCUT2D eigenvalue weighted by atomic mass is 10.2.